The topological polar surface area (TPSA) is 164 Å². The van der Waals surface area contributed by atoms with Gasteiger partial charge in [-0.25, -0.2) is 0 Å². The van der Waals surface area contributed by atoms with Gasteiger partial charge < -0.3 is 41.2 Å². The molecule has 2 unspecified atom stereocenters. The van der Waals surface area contributed by atoms with E-state index in [1.807, 2.05) is 24.3 Å². The number of unbranched alkanes of at least 4 members (excludes halogenated alkanes) is 2. The maximum Gasteiger partial charge on any atom is 0.325 e. The van der Waals surface area contributed by atoms with Gasteiger partial charge in [-0.1, -0.05) is 38.0 Å². The lowest BCUT2D eigenvalue weighted by Crippen LogP contribution is -2.63. The number of nitrogens with two attached hydrogens (primary N) is 2. The first-order chi connectivity index (χ1) is 14.9. The minimum Gasteiger partial charge on any atom is -0.433 e. The van der Waals surface area contributed by atoms with Crippen LogP contribution in [0, 0.1) is 0 Å². The number of carbonyl (C=O) groups is 1. The van der Waals surface area contributed by atoms with Crippen LogP contribution < -0.4 is 11.5 Å². The molecule has 31 heavy (non-hydrogen) atoms. The van der Waals surface area contributed by atoms with Gasteiger partial charge in [0.1, 0.15) is 24.4 Å². The number of ether oxygens (including phenoxy) is 2. The van der Waals surface area contributed by atoms with Gasteiger partial charge in [-0.05, 0) is 24.5 Å². The van der Waals surface area contributed by atoms with Crippen molar-refractivity contribution in [2.75, 3.05) is 6.61 Å². The molecule has 0 aliphatic carbocycles. The molecule has 1 aromatic heterocycles. The zero-order valence-electron chi connectivity index (χ0n) is 17.7. The van der Waals surface area contributed by atoms with Crippen LogP contribution in [0.15, 0.2) is 24.3 Å². The lowest BCUT2D eigenvalue weighted by Gasteiger charge is -2.40. The molecule has 2 aromatic rings. The van der Waals surface area contributed by atoms with Crippen LogP contribution in [-0.4, -0.2) is 69.6 Å². The Morgan fingerprint density at radius 1 is 1.26 bits per heavy atom. The fraction of sp³-hybridized carbons (Fsp3) is 0.591. The van der Waals surface area contributed by atoms with Gasteiger partial charge in [-0.15, -0.1) is 0 Å². The second kappa shape index (κ2) is 10.5. The standard InChI is InChI=1S/C22H33N3O6/c1-2-3-4-8-16-13(12-7-5-6-9-15(12)25-16)10-14(23)21(29)31-22-18(24)20(28)19(27)17(11-26)30-22/h5-7,9,14,17-20,22,25-28H,2-4,8,10-11,23-24H2,1H3/t14?,17-,18-,19-,20-,22?/m1/s1. The number of hydrogen-bond donors (Lipinski definition) is 6. The number of aliphatic hydroxyl groups excluding tert-OH is 3. The Morgan fingerprint density at radius 3 is 2.71 bits per heavy atom. The van der Waals surface area contributed by atoms with Crippen LogP contribution >= 0.6 is 0 Å². The van der Waals surface area contributed by atoms with Crippen LogP contribution in [0.1, 0.15) is 37.4 Å². The van der Waals surface area contributed by atoms with Gasteiger partial charge in [-0.3, -0.25) is 4.79 Å². The Morgan fingerprint density at radius 2 is 2.00 bits per heavy atom. The highest BCUT2D eigenvalue weighted by Gasteiger charge is 2.44. The van der Waals surface area contributed by atoms with Crippen molar-refractivity contribution in [2.24, 2.45) is 11.5 Å². The van der Waals surface area contributed by atoms with Crippen molar-refractivity contribution >= 4 is 16.9 Å². The van der Waals surface area contributed by atoms with Crippen LogP contribution in [0.3, 0.4) is 0 Å². The summed E-state index contributed by atoms with van der Waals surface area (Å²) in [7, 11) is 0. The molecule has 1 aliphatic rings. The number of rotatable bonds is 9. The SMILES string of the molecule is CCCCCc1[nH]c2ccccc2c1CC(N)C(=O)OC1O[C@H](CO)[C@@H](O)[C@H](O)[C@H]1N. The lowest BCUT2D eigenvalue weighted by molar-refractivity contribution is -0.259. The van der Waals surface area contributed by atoms with E-state index in [0.29, 0.717) is 0 Å². The second-order valence-electron chi connectivity index (χ2n) is 8.12. The van der Waals surface area contributed by atoms with Crippen LogP contribution in [0.25, 0.3) is 10.9 Å². The molecule has 6 atom stereocenters. The number of fused-ring (bicyclic) bond motifs is 1. The number of hydrogen-bond acceptors (Lipinski definition) is 8. The van der Waals surface area contributed by atoms with Gasteiger partial charge in [0.25, 0.3) is 0 Å². The van der Waals surface area contributed by atoms with Crippen molar-refractivity contribution in [1.29, 1.82) is 0 Å². The van der Waals surface area contributed by atoms with E-state index in [4.69, 9.17) is 20.9 Å². The fourth-order valence-corrected chi connectivity index (χ4v) is 3.97. The van der Waals surface area contributed by atoms with E-state index < -0.39 is 49.3 Å². The molecule has 8 N–H and O–H groups in total. The van der Waals surface area contributed by atoms with Gasteiger partial charge >= 0.3 is 5.97 Å². The number of nitrogens with one attached hydrogen (secondary N) is 1. The van der Waals surface area contributed by atoms with Gasteiger partial charge in [0.05, 0.1) is 12.6 Å². The number of esters is 1. The molecular weight excluding hydrogens is 402 g/mol. The molecule has 0 saturated carbocycles. The van der Waals surface area contributed by atoms with E-state index in [0.717, 1.165) is 47.8 Å². The molecule has 1 aromatic carbocycles. The summed E-state index contributed by atoms with van der Waals surface area (Å²) in [4.78, 5) is 16.1. The zero-order valence-corrected chi connectivity index (χ0v) is 17.7. The van der Waals surface area contributed by atoms with E-state index in [1.54, 1.807) is 0 Å². The monoisotopic (exact) mass is 435 g/mol. The summed E-state index contributed by atoms with van der Waals surface area (Å²) in [6.45, 7) is 1.59. The Hall–Kier alpha value is -2.01. The molecule has 172 valence electrons. The largest absolute Gasteiger partial charge is 0.433 e. The van der Waals surface area contributed by atoms with Crippen LogP contribution in [0.4, 0.5) is 0 Å². The first kappa shape index (κ1) is 23.6. The normalized spacial score (nSPS) is 27.4. The first-order valence-corrected chi connectivity index (χ1v) is 10.8. The van der Waals surface area contributed by atoms with E-state index in [2.05, 4.69) is 11.9 Å². The molecule has 1 saturated heterocycles. The van der Waals surface area contributed by atoms with Gasteiger partial charge in [0.15, 0.2) is 0 Å². The van der Waals surface area contributed by atoms with Crippen molar-refractivity contribution in [2.45, 2.75) is 75.7 Å². The summed E-state index contributed by atoms with van der Waals surface area (Å²) < 4.78 is 10.7. The van der Waals surface area contributed by atoms with Crippen molar-refractivity contribution < 1.29 is 29.6 Å². The third kappa shape index (κ3) is 5.25. The van der Waals surface area contributed by atoms with E-state index in [1.165, 1.54) is 0 Å². The van der Waals surface area contributed by atoms with Crippen molar-refractivity contribution in [3.8, 4) is 0 Å². The predicted molar refractivity (Wildman–Crippen MR) is 115 cm³/mol. The summed E-state index contributed by atoms with van der Waals surface area (Å²) in [6.07, 6.45) is -0.829. The fourth-order valence-electron chi connectivity index (χ4n) is 3.97. The summed E-state index contributed by atoms with van der Waals surface area (Å²) in [6, 6.07) is 5.74. The molecule has 1 fully saturated rings. The smallest absolute Gasteiger partial charge is 0.325 e. The third-order valence-electron chi connectivity index (χ3n) is 5.82. The van der Waals surface area contributed by atoms with Gasteiger partial charge in [-0.2, -0.15) is 0 Å². The van der Waals surface area contributed by atoms with Crippen molar-refractivity contribution in [3.05, 3.63) is 35.5 Å². The summed E-state index contributed by atoms with van der Waals surface area (Å²) in [5.41, 5.74) is 15.0. The number of aliphatic hydroxyl groups is 3. The number of aromatic nitrogens is 1. The van der Waals surface area contributed by atoms with Crippen molar-refractivity contribution in [3.63, 3.8) is 0 Å². The molecule has 0 spiro atoms. The average molecular weight is 436 g/mol. The maximum atomic E-state index is 12.7. The molecule has 3 rings (SSSR count). The number of aryl methyl sites for hydroxylation is 1. The van der Waals surface area contributed by atoms with Gasteiger partial charge in [0, 0.05) is 23.0 Å². The molecule has 0 radical (unpaired) electrons. The number of aromatic amines is 1. The summed E-state index contributed by atoms with van der Waals surface area (Å²) in [5.74, 6) is -0.731. The number of H-pyrrole nitrogens is 1. The predicted octanol–water partition coefficient (Wildman–Crippen LogP) is 0.0799. The van der Waals surface area contributed by atoms with Crippen LogP contribution in [0.5, 0.6) is 0 Å². The zero-order chi connectivity index (χ0) is 22.5. The number of carbonyl (C=O) groups excluding carboxylic acids is 1. The third-order valence-corrected chi connectivity index (χ3v) is 5.82. The Bertz CT molecular complexity index is 870. The summed E-state index contributed by atoms with van der Waals surface area (Å²) >= 11 is 0. The summed E-state index contributed by atoms with van der Waals surface area (Å²) in [5, 5.41) is 30.2. The molecular formula is C22H33N3O6. The molecule has 9 nitrogen and oxygen atoms in total. The van der Waals surface area contributed by atoms with Crippen LogP contribution in [-0.2, 0) is 27.1 Å². The highest BCUT2D eigenvalue weighted by molar-refractivity contribution is 5.86. The minimum absolute atomic E-state index is 0.265. The number of benzene rings is 1. The Balaban J connectivity index is 1.72. The quantitative estimate of drug-likeness (QED) is 0.238. The van der Waals surface area contributed by atoms with Crippen molar-refractivity contribution in [1.82, 2.24) is 4.98 Å². The Labute approximate surface area is 181 Å². The second-order valence-corrected chi connectivity index (χ2v) is 8.12. The van der Waals surface area contributed by atoms with Crippen LogP contribution in [0.2, 0.25) is 0 Å². The molecule has 2 heterocycles. The minimum atomic E-state index is -1.40. The van der Waals surface area contributed by atoms with E-state index in [-0.39, 0.29) is 6.42 Å². The first-order valence-electron chi connectivity index (χ1n) is 10.8. The van der Waals surface area contributed by atoms with E-state index >= 15 is 0 Å². The molecule has 0 amide bonds. The van der Waals surface area contributed by atoms with Gasteiger partial charge in [0.2, 0.25) is 6.29 Å². The highest BCUT2D eigenvalue weighted by atomic mass is 16.7. The lowest BCUT2D eigenvalue weighted by atomic mass is 9.97. The molecule has 1 aliphatic heterocycles. The maximum absolute atomic E-state index is 12.7. The highest BCUT2D eigenvalue weighted by Crippen LogP contribution is 2.26. The molecule has 9 heteroatoms. The molecule has 0 bridgehead atoms. The Kier molecular flexibility index (Phi) is 8.04. The van der Waals surface area contributed by atoms with E-state index in [9.17, 15) is 20.1 Å². The average Bonchev–Trinajstić information content (AvgIpc) is 3.11. The number of para-hydroxylation sites is 1.